The Balaban J connectivity index is 1.41. The van der Waals surface area contributed by atoms with E-state index in [9.17, 15) is 4.79 Å². The van der Waals surface area contributed by atoms with Gasteiger partial charge in [0.25, 0.3) is 0 Å². The van der Waals surface area contributed by atoms with Crippen LogP contribution in [-0.2, 0) is 10.2 Å². The van der Waals surface area contributed by atoms with Crippen molar-refractivity contribution in [2.75, 3.05) is 11.9 Å². The first-order valence-corrected chi connectivity index (χ1v) is 12.0. The first-order chi connectivity index (χ1) is 13.8. The van der Waals surface area contributed by atoms with E-state index in [1.54, 1.807) is 0 Å². The summed E-state index contributed by atoms with van der Waals surface area (Å²) >= 11 is 5.10. The van der Waals surface area contributed by atoms with Gasteiger partial charge in [-0.05, 0) is 58.3 Å². The van der Waals surface area contributed by atoms with Crippen LogP contribution >= 0.6 is 27.3 Å². The number of anilines is 1. The van der Waals surface area contributed by atoms with E-state index >= 15 is 0 Å². The molecule has 1 heterocycles. The van der Waals surface area contributed by atoms with E-state index in [2.05, 4.69) is 64.3 Å². The average Bonchev–Trinajstić information content (AvgIpc) is 3.14. The van der Waals surface area contributed by atoms with Crippen molar-refractivity contribution in [2.45, 2.75) is 77.0 Å². The van der Waals surface area contributed by atoms with Gasteiger partial charge in [-0.3, -0.25) is 4.79 Å². The lowest BCUT2D eigenvalue weighted by atomic mass is 9.87. The summed E-state index contributed by atoms with van der Waals surface area (Å²) in [6.07, 6.45) is 7.27. The molecule has 29 heavy (non-hydrogen) atoms. The van der Waals surface area contributed by atoms with Gasteiger partial charge in [0.2, 0.25) is 11.0 Å². The molecule has 1 saturated carbocycles. The van der Waals surface area contributed by atoms with Gasteiger partial charge in [-0.1, -0.05) is 57.4 Å². The van der Waals surface area contributed by atoms with Crippen molar-refractivity contribution in [3.05, 3.63) is 33.2 Å². The molecule has 0 saturated heterocycles. The number of nitrogens with zero attached hydrogens (tertiary/aromatic N) is 2. The van der Waals surface area contributed by atoms with Crippen LogP contribution in [0.5, 0.6) is 5.75 Å². The van der Waals surface area contributed by atoms with Crippen molar-refractivity contribution < 1.29 is 9.53 Å². The summed E-state index contributed by atoms with van der Waals surface area (Å²) in [7, 11) is 0. The molecule has 5 nitrogen and oxygen atoms in total. The molecule has 1 fully saturated rings. The van der Waals surface area contributed by atoms with Crippen LogP contribution in [0.1, 0.15) is 82.2 Å². The summed E-state index contributed by atoms with van der Waals surface area (Å²) in [6.45, 7) is 7.04. The number of benzene rings is 1. The second-order valence-corrected chi connectivity index (χ2v) is 10.5. The smallest absolute Gasteiger partial charge is 0.226 e. The fourth-order valence-corrected chi connectivity index (χ4v) is 4.90. The average molecular weight is 480 g/mol. The van der Waals surface area contributed by atoms with Crippen LogP contribution in [0.25, 0.3) is 0 Å². The van der Waals surface area contributed by atoms with E-state index in [-0.39, 0.29) is 11.3 Å². The van der Waals surface area contributed by atoms with E-state index < -0.39 is 0 Å². The molecule has 0 spiro atoms. The van der Waals surface area contributed by atoms with E-state index in [0.717, 1.165) is 15.2 Å². The molecule has 1 aromatic heterocycles. The SMILES string of the molecule is CC(C)(C)c1ccc(OCCCC(=O)Nc2nnc(C3CCCCC3)s2)c(Br)c1. The molecule has 2 aromatic rings. The van der Waals surface area contributed by atoms with Gasteiger partial charge in [-0.2, -0.15) is 0 Å². The lowest BCUT2D eigenvalue weighted by molar-refractivity contribution is -0.116. The Morgan fingerprint density at radius 2 is 2.00 bits per heavy atom. The lowest BCUT2D eigenvalue weighted by Gasteiger charge is -2.20. The van der Waals surface area contributed by atoms with Crippen molar-refractivity contribution in [3.63, 3.8) is 0 Å². The predicted octanol–water partition coefficient (Wildman–Crippen LogP) is 6.44. The highest BCUT2D eigenvalue weighted by Crippen LogP contribution is 2.35. The van der Waals surface area contributed by atoms with Gasteiger partial charge in [0.15, 0.2) is 0 Å². The van der Waals surface area contributed by atoms with Crippen molar-refractivity contribution >= 4 is 38.3 Å². The molecular formula is C22H30BrN3O2S. The summed E-state index contributed by atoms with van der Waals surface area (Å²) in [6, 6.07) is 6.17. The first-order valence-electron chi connectivity index (χ1n) is 10.4. The maximum atomic E-state index is 12.2. The van der Waals surface area contributed by atoms with E-state index in [1.807, 2.05) is 6.07 Å². The van der Waals surface area contributed by atoms with Gasteiger partial charge >= 0.3 is 0 Å². The molecule has 1 aliphatic carbocycles. The fourth-order valence-electron chi connectivity index (χ4n) is 3.48. The molecule has 7 heteroatoms. The van der Waals surface area contributed by atoms with E-state index in [4.69, 9.17) is 4.74 Å². The number of carbonyl (C=O) groups excluding carboxylic acids is 1. The van der Waals surface area contributed by atoms with Crippen LogP contribution in [0.3, 0.4) is 0 Å². The molecule has 1 aromatic carbocycles. The number of halogens is 1. The number of rotatable bonds is 7. The van der Waals surface area contributed by atoms with Gasteiger partial charge in [-0.25, -0.2) is 0 Å². The van der Waals surface area contributed by atoms with Crippen molar-refractivity contribution in [1.29, 1.82) is 0 Å². The summed E-state index contributed by atoms with van der Waals surface area (Å²) in [5.41, 5.74) is 1.35. The zero-order valence-electron chi connectivity index (χ0n) is 17.5. The van der Waals surface area contributed by atoms with Gasteiger partial charge < -0.3 is 10.1 Å². The summed E-state index contributed by atoms with van der Waals surface area (Å²) < 4.78 is 6.78. The zero-order chi connectivity index (χ0) is 20.9. The Kier molecular flexibility index (Phi) is 7.68. The number of hydrogen-bond donors (Lipinski definition) is 1. The maximum absolute atomic E-state index is 12.2. The number of nitrogens with one attached hydrogen (secondary N) is 1. The predicted molar refractivity (Wildman–Crippen MR) is 122 cm³/mol. The summed E-state index contributed by atoms with van der Waals surface area (Å²) in [4.78, 5) is 12.2. The minimum absolute atomic E-state index is 0.0397. The van der Waals surface area contributed by atoms with Crippen molar-refractivity contribution in [2.24, 2.45) is 0 Å². The molecule has 0 atom stereocenters. The molecule has 0 aliphatic heterocycles. The molecule has 1 amide bonds. The Morgan fingerprint density at radius 1 is 1.24 bits per heavy atom. The van der Waals surface area contributed by atoms with Gasteiger partial charge in [-0.15, -0.1) is 10.2 Å². The van der Waals surface area contributed by atoms with E-state index in [1.165, 1.54) is 49.0 Å². The zero-order valence-corrected chi connectivity index (χ0v) is 19.9. The summed E-state index contributed by atoms with van der Waals surface area (Å²) in [5.74, 6) is 1.28. The third-order valence-corrected chi connectivity index (χ3v) is 6.87. The molecule has 158 valence electrons. The number of amides is 1. The molecule has 3 rings (SSSR count). The molecule has 0 unspecified atom stereocenters. The quantitative estimate of drug-likeness (QED) is 0.463. The highest BCUT2D eigenvalue weighted by molar-refractivity contribution is 9.10. The summed E-state index contributed by atoms with van der Waals surface area (Å²) in [5, 5.41) is 13.0. The Bertz CT molecular complexity index is 826. The standard InChI is InChI=1S/C22H30BrN3O2S/c1-22(2,3)16-11-12-18(17(23)14-16)28-13-7-10-19(27)24-21-26-25-20(29-21)15-8-5-4-6-9-15/h11-12,14-15H,4-10,13H2,1-3H3,(H,24,26,27). The monoisotopic (exact) mass is 479 g/mol. The topological polar surface area (TPSA) is 64.1 Å². The first kappa shape index (κ1) is 22.2. The second-order valence-electron chi connectivity index (χ2n) is 8.68. The largest absolute Gasteiger partial charge is 0.492 e. The Labute approximate surface area is 185 Å². The number of ether oxygens (including phenoxy) is 1. The van der Waals surface area contributed by atoms with Crippen LogP contribution in [0.2, 0.25) is 0 Å². The molecular weight excluding hydrogens is 450 g/mol. The fraction of sp³-hybridized carbons (Fsp3) is 0.591. The number of aromatic nitrogens is 2. The van der Waals surface area contributed by atoms with Crippen LogP contribution in [0.15, 0.2) is 22.7 Å². The Morgan fingerprint density at radius 3 is 2.69 bits per heavy atom. The lowest BCUT2D eigenvalue weighted by Crippen LogP contribution is -2.13. The second kappa shape index (κ2) is 10.0. The van der Waals surface area contributed by atoms with Gasteiger partial charge in [0.1, 0.15) is 10.8 Å². The third kappa shape index (κ3) is 6.51. The number of carbonyl (C=O) groups is 1. The van der Waals surface area contributed by atoms with E-state index in [0.29, 0.717) is 30.5 Å². The molecule has 0 radical (unpaired) electrons. The minimum Gasteiger partial charge on any atom is -0.492 e. The van der Waals surface area contributed by atoms with Crippen molar-refractivity contribution in [3.8, 4) is 5.75 Å². The van der Waals surface area contributed by atoms with Gasteiger partial charge in [0, 0.05) is 12.3 Å². The van der Waals surface area contributed by atoms with Crippen molar-refractivity contribution in [1.82, 2.24) is 10.2 Å². The third-order valence-electron chi connectivity index (χ3n) is 5.25. The minimum atomic E-state index is -0.0397. The number of hydrogen-bond acceptors (Lipinski definition) is 5. The molecule has 1 N–H and O–H groups in total. The normalized spacial score (nSPS) is 15.3. The van der Waals surface area contributed by atoms with Crippen LogP contribution < -0.4 is 10.1 Å². The Hall–Kier alpha value is -1.47. The van der Waals surface area contributed by atoms with Crippen LogP contribution in [0.4, 0.5) is 5.13 Å². The molecule has 1 aliphatic rings. The highest BCUT2D eigenvalue weighted by Gasteiger charge is 2.20. The van der Waals surface area contributed by atoms with Crippen LogP contribution in [0, 0.1) is 0 Å². The molecule has 0 bridgehead atoms. The van der Waals surface area contributed by atoms with Gasteiger partial charge in [0.05, 0.1) is 11.1 Å². The maximum Gasteiger partial charge on any atom is 0.226 e. The van der Waals surface area contributed by atoms with Crippen LogP contribution in [-0.4, -0.2) is 22.7 Å². The highest BCUT2D eigenvalue weighted by atomic mass is 79.9.